The Morgan fingerprint density at radius 1 is 1.13 bits per heavy atom. The number of ether oxygens (including phenoxy) is 2. The van der Waals surface area contributed by atoms with Crippen molar-refractivity contribution in [1.82, 2.24) is 24.6 Å². The molecule has 2 aliphatic rings. The number of benzene rings is 1. The van der Waals surface area contributed by atoms with Crippen LogP contribution in [0.5, 0.6) is 5.88 Å². The van der Waals surface area contributed by atoms with Gasteiger partial charge < -0.3 is 19.3 Å². The second kappa shape index (κ2) is 8.27. The summed E-state index contributed by atoms with van der Waals surface area (Å²) in [5, 5.41) is 5.39. The molecule has 9 heteroatoms. The first-order chi connectivity index (χ1) is 14.8. The van der Waals surface area contributed by atoms with E-state index in [1.165, 1.54) is 0 Å². The highest BCUT2D eigenvalue weighted by Crippen LogP contribution is 2.26. The molecule has 2 fully saturated rings. The van der Waals surface area contributed by atoms with E-state index in [4.69, 9.17) is 9.47 Å². The molecule has 3 aromatic rings. The van der Waals surface area contributed by atoms with Crippen LogP contribution in [0, 0.1) is 0 Å². The molecular formula is C21H24N6O3. The van der Waals surface area contributed by atoms with Gasteiger partial charge in [-0.05, 0) is 6.07 Å². The summed E-state index contributed by atoms with van der Waals surface area (Å²) in [5.41, 5.74) is 0.965. The third kappa shape index (κ3) is 3.80. The maximum atomic E-state index is 12.8. The SMILES string of the molecule is O=C(Cn1ncc2ccccc21)N1CCC(Oc2nccnc2N2CCOCC2)C1. The maximum Gasteiger partial charge on any atom is 0.257 e. The van der Waals surface area contributed by atoms with Gasteiger partial charge in [0, 0.05) is 43.8 Å². The fourth-order valence-electron chi connectivity index (χ4n) is 3.98. The Morgan fingerprint density at radius 2 is 1.97 bits per heavy atom. The Kier molecular flexibility index (Phi) is 5.18. The Bertz CT molecular complexity index is 1030. The molecule has 2 aliphatic heterocycles. The quantitative estimate of drug-likeness (QED) is 0.630. The van der Waals surface area contributed by atoms with Crippen molar-refractivity contribution in [3.63, 3.8) is 0 Å². The van der Waals surface area contributed by atoms with Crippen LogP contribution in [0.4, 0.5) is 5.82 Å². The van der Waals surface area contributed by atoms with Crippen LogP contribution >= 0.6 is 0 Å². The largest absolute Gasteiger partial charge is 0.470 e. The molecule has 1 unspecified atom stereocenters. The second-order valence-electron chi connectivity index (χ2n) is 7.51. The lowest BCUT2D eigenvalue weighted by Gasteiger charge is -2.29. The molecule has 0 bridgehead atoms. The Morgan fingerprint density at radius 3 is 2.87 bits per heavy atom. The molecule has 0 aliphatic carbocycles. The topological polar surface area (TPSA) is 85.6 Å². The molecule has 0 N–H and O–H groups in total. The minimum Gasteiger partial charge on any atom is -0.470 e. The fraction of sp³-hybridized carbons (Fsp3) is 0.429. The highest BCUT2D eigenvalue weighted by Gasteiger charge is 2.30. The van der Waals surface area contributed by atoms with Crippen LogP contribution in [0.3, 0.4) is 0 Å². The third-order valence-electron chi connectivity index (χ3n) is 5.57. The molecule has 1 amide bonds. The monoisotopic (exact) mass is 408 g/mol. The molecule has 156 valence electrons. The first-order valence-electron chi connectivity index (χ1n) is 10.3. The van der Waals surface area contributed by atoms with Gasteiger partial charge >= 0.3 is 0 Å². The first kappa shape index (κ1) is 18.8. The molecule has 1 aromatic carbocycles. The zero-order valence-electron chi connectivity index (χ0n) is 16.7. The molecule has 2 saturated heterocycles. The molecule has 9 nitrogen and oxygen atoms in total. The Balaban J connectivity index is 1.23. The number of amides is 1. The van der Waals surface area contributed by atoms with Gasteiger partial charge in [0.2, 0.25) is 5.91 Å². The Labute approximate surface area is 174 Å². The van der Waals surface area contributed by atoms with Gasteiger partial charge in [-0.15, -0.1) is 0 Å². The van der Waals surface area contributed by atoms with Crippen LogP contribution in [0.15, 0.2) is 42.9 Å². The van der Waals surface area contributed by atoms with Crippen LogP contribution in [-0.2, 0) is 16.1 Å². The van der Waals surface area contributed by atoms with Gasteiger partial charge in [0.1, 0.15) is 12.6 Å². The van der Waals surface area contributed by atoms with Crippen molar-refractivity contribution in [1.29, 1.82) is 0 Å². The molecule has 4 heterocycles. The van der Waals surface area contributed by atoms with E-state index in [2.05, 4.69) is 20.0 Å². The molecule has 0 spiro atoms. The van der Waals surface area contributed by atoms with Crippen LogP contribution < -0.4 is 9.64 Å². The predicted octanol–water partition coefficient (Wildman–Crippen LogP) is 1.34. The van der Waals surface area contributed by atoms with Crippen LogP contribution in [0.25, 0.3) is 10.9 Å². The number of fused-ring (bicyclic) bond motifs is 1. The van der Waals surface area contributed by atoms with Crippen molar-refractivity contribution in [3.8, 4) is 5.88 Å². The molecule has 30 heavy (non-hydrogen) atoms. The number of carbonyl (C=O) groups is 1. The lowest BCUT2D eigenvalue weighted by Crippen LogP contribution is -2.37. The number of carbonyl (C=O) groups excluding carboxylic acids is 1. The smallest absolute Gasteiger partial charge is 0.257 e. The van der Waals surface area contributed by atoms with E-state index >= 15 is 0 Å². The second-order valence-corrected chi connectivity index (χ2v) is 7.51. The standard InChI is InChI=1S/C21H24N6O3/c28-19(15-27-18-4-2-1-3-16(18)13-24-27)26-8-5-17(14-26)30-21-20(22-6-7-23-21)25-9-11-29-12-10-25/h1-4,6-7,13,17H,5,8-12,14-15H2. The number of para-hydroxylation sites is 1. The summed E-state index contributed by atoms with van der Waals surface area (Å²) in [6.07, 6.45) is 5.78. The summed E-state index contributed by atoms with van der Waals surface area (Å²) < 4.78 is 13.4. The van der Waals surface area contributed by atoms with Crippen molar-refractivity contribution in [2.75, 3.05) is 44.3 Å². The normalized spacial score (nSPS) is 19.4. The van der Waals surface area contributed by atoms with Gasteiger partial charge in [-0.3, -0.25) is 9.48 Å². The zero-order valence-corrected chi connectivity index (χ0v) is 16.7. The summed E-state index contributed by atoms with van der Waals surface area (Å²) in [7, 11) is 0. The van der Waals surface area contributed by atoms with E-state index in [0.29, 0.717) is 32.2 Å². The molecule has 1 atom stereocenters. The lowest BCUT2D eigenvalue weighted by molar-refractivity contribution is -0.131. The van der Waals surface area contributed by atoms with E-state index in [0.717, 1.165) is 36.2 Å². The number of rotatable bonds is 5. The van der Waals surface area contributed by atoms with E-state index in [9.17, 15) is 4.79 Å². The molecule has 0 radical (unpaired) electrons. The van der Waals surface area contributed by atoms with Crippen molar-refractivity contribution in [3.05, 3.63) is 42.9 Å². The number of anilines is 1. The predicted molar refractivity (Wildman–Crippen MR) is 110 cm³/mol. The lowest BCUT2D eigenvalue weighted by atomic mass is 10.2. The number of hydrogen-bond donors (Lipinski definition) is 0. The average molecular weight is 408 g/mol. The first-order valence-corrected chi connectivity index (χ1v) is 10.3. The van der Waals surface area contributed by atoms with Crippen LogP contribution in [-0.4, -0.2) is 76.1 Å². The van der Waals surface area contributed by atoms with Gasteiger partial charge in [-0.2, -0.15) is 5.10 Å². The summed E-state index contributed by atoms with van der Waals surface area (Å²) in [6.45, 7) is 4.30. The van der Waals surface area contributed by atoms with E-state index in [1.807, 2.05) is 29.2 Å². The number of hydrogen-bond acceptors (Lipinski definition) is 7. The molecular weight excluding hydrogens is 384 g/mol. The third-order valence-corrected chi connectivity index (χ3v) is 5.57. The van der Waals surface area contributed by atoms with Crippen molar-refractivity contribution in [2.24, 2.45) is 0 Å². The minimum absolute atomic E-state index is 0.0440. The molecule has 2 aromatic heterocycles. The average Bonchev–Trinajstić information content (AvgIpc) is 3.42. The minimum atomic E-state index is -0.0974. The van der Waals surface area contributed by atoms with E-state index in [1.54, 1.807) is 23.3 Å². The number of nitrogens with zero attached hydrogens (tertiary/aromatic N) is 6. The van der Waals surface area contributed by atoms with Gasteiger partial charge in [-0.25, -0.2) is 9.97 Å². The summed E-state index contributed by atoms with van der Waals surface area (Å²) in [4.78, 5) is 25.7. The zero-order chi connectivity index (χ0) is 20.3. The summed E-state index contributed by atoms with van der Waals surface area (Å²) >= 11 is 0. The number of morpholine rings is 1. The number of aromatic nitrogens is 4. The van der Waals surface area contributed by atoms with E-state index < -0.39 is 0 Å². The highest BCUT2D eigenvalue weighted by atomic mass is 16.5. The van der Waals surface area contributed by atoms with Crippen LogP contribution in [0.2, 0.25) is 0 Å². The summed E-state index contributed by atoms with van der Waals surface area (Å²) in [5.74, 6) is 1.31. The summed E-state index contributed by atoms with van der Waals surface area (Å²) in [6, 6.07) is 7.90. The molecule has 0 saturated carbocycles. The fourth-order valence-corrected chi connectivity index (χ4v) is 3.98. The number of likely N-dealkylation sites (tertiary alicyclic amines) is 1. The van der Waals surface area contributed by atoms with Crippen LogP contribution in [0.1, 0.15) is 6.42 Å². The van der Waals surface area contributed by atoms with Crippen molar-refractivity contribution in [2.45, 2.75) is 19.1 Å². The maximum absolute atomic E-state index is 12.8. The Hall–Kier alpha value is -3.20. The molecule has 5 rings (SSSR count). The van der Waals surface area contributed by atoms with Gasteiger partial charge in [0.25, 0.3) is 5.88 Å². The van der Waals surface area contributed by atoms with Crippen molar-refractivity contribution < 1.29 is 14.3 Å². The highest BCUT2D eigenvalue weighted by molar-refractivity contribution is 5.82. The van der Waals surface area contributed by atoms with Gasteiger partial charge in [-0.1, -0.05) is 18.2 Å². The van der Waals surface area contributed by atoms with Crippen molar-refractivity contribution >= 4 is 22.6 Å². The van der Waals surface area contributed by atoms with Gasteiger partial charge in [0.05, 0.1) is 31.5 Å². The van der Waals surface area contributed by atoms with Gasteiger partial charge in [0.15, 0.2) is 5.82 Å². The van der Waals surface area contributed by atoms with E-state index in [-0.39, 0.29) is 18.6 Å².